The van der Waals surface area contributed by atoms with Crippen molar-refractivity contribution in [1.29, 1.82) is 0 Å². The molecule has 2 aromatic carbocycles. The number of carboxylic acid groups (broad SMARTS) is 1. The molecule has 0 spiro atoms. The normalized spacial score (nSPS) is 12.7. The fourth-order valence-corrected chi connectivity index (χ4v) is 2.79. The van der Waals surface area contributed by atoms with Crippen molar-refractivity contribution in [3.05, 3.63) is 71.5 Å². The predicted octanol–water partition coefficient (Wildman–Crippen LogP) is 2.89. The molecule has 0 aliphatic carbocycles. The fraction of sp³-hybridized carbons (Fsp3) is 0.318. The second kappa shape index (κ2) is 10.9. The number of amides is 2. The standard InChI is InChI=1S/C22H25FN2O5/c1-14(2)19(25-22(29)30-13-15-7-4-3-5-8-15)20(26)24-18(21(27)28)12-16-9-6-10-17(23)11-16/h3-11,14,18-19H,12-13H2,1-2H3,(H,24,26)(H,25,29)(H,27,28)/t18-,19+/m0/s1. The summed E-state index contributed by atoms with van der Waals surface area (Å²) in [5.41, 5.74) is 1.22. The number of halogens is 1. The van der Waals surface area contributed by atoms with E-state index in [1.807, 2.05) is 18.2 Å². The molecule has 0 heterocycles. The molecule has 0 saturated heterocycles. The van der Waals surface area contributed by atoms with Crippen LogP contribution in [0.3, 0.4) is 0 Å². The predicted molar refractivity (Wildman–Crippen MR) is 108 cm³/mol. The maximum atomic E-state index is 13.4. The molecule has 160 valence electrons. The number of carbonyl (C=O) groups excluding carboxylic acids is 2. The van der Waals surface area contributed by atoms with E-state index in [1.54, 1.807) is 32.0 Å². The van der Waals surface area contributed by atoms with Gasteiger partial charge in [0.15, 0.2) is 0 Å². The van der Waals surface area contributed by atoms with Gasteiger partial charge in [0.2, 0.25) is 5.91 Å². The second-order valence-electron chi connectivity index (χ2n) is 7.16. The number of hydrogen-bond donors (Lipinski definition) is 3. The van der Waals surface area contributed by atoms with Crippen LogP contribution in [0.4, 0.5) is 9.18 Å². The van der Waals surface area contributed by atoms with Crippen molar-refractivity contribution < 1.29 is 28.6 Å². The number of rotatable bonds is 9. The zero-order chi connectivity index (χ0) is 22.1. The van der Waals surface area contributed by atoms with Crippen molar-refractivity contribution in [1.82, 2.24) is 10.6 Å². The Bertz CT molecular complexity index is 873. The van der Waals surface area contributed by atoms with Crippen LogP contribution < -0.4 is 10.6 Å². The molecule has 0 aliphatic rings. The molecule has 7 nitrogen and oxygen atoms in total. The summed E-state index contributed by atoms with van der Waals surface area (Å²) < 4.78 is 18.5. The van der Waals surface area contributed by atoms with Gasteiger partial charge in [-0.3, -0.25) is 4.79 Å². The lowest BCUT2D eigenvalue weighted by molar-refractivity contribution is -0.142. The first-order valence-corrected chi connectivity index (χ1v) is 9.51. The summed E-state index contributed by atoms with van der Waals surface area (Å²) in [6, 6.07) is 12.3. The summed E-state index contributed by atoms with van der Waals surface area (Å²) in [4.78, 5) is 36.3. The van der Waals surface area contributed by atoms with Gasteiger partial charge in [0.1, 0.15) is 24.5 Å². The van der Waals surface area contributed by atoms with Gasteiger partial charge in [-0.15, -0.1) is 0 Å². The molecule has 0 aromatic heterocycles. The molecule has 2 atom stereocenters. The highest BCUT2D eigenvalue weighted by Gasteiger charge is 2.29. The molecule has 0 fully saturated rings. The number of alkyl carbamates (subject to hydrolysis) is 1. The number of benzene rings is 2. The summed E-state index contributed by atoms with van der Waals surface area (Å²) in [5, 5.41) is 14.3. The molecule has 0 radical (unpaired) electrons. The van der Waals surface area contributed by atoms with Crippen LogP contribution in [-0.4, -0.2) is 35.2 Å². The van der Waals surface area contributed by atoms with Gasteiger partial charge in [-0.05, 0) is 29.2 Å². The van der Waals surface area contributed by atoms with Crippen molar-refractivity contribution in [3.63, 3.8) is 0 Å². The maximum Gasteiger partial charge on any atom is 0.408 e. The van der Waals surface area contributed by atoms with Gasteiger partial charge in [0.05, 0.1) is 0 Å². The van der Waals surface area contributed by atoms with Crippen molar-refractivity contribution in [2.24, 2.45) is 5.92 Å². The van der Waals surface area contributed by atoms with Crippen LogP contribution in [0.1, 0.15) is 25.0 Å². The fourth-order valence-electron chi connectivity index (χ4n) is 2.79. The van der Waals surface area contributed by atoms with Crippen LogP contribution in [0.5, 0.6) is 0 Å². The Hall–Kier alpha value is -3.42. The lowest BCUT2D eigenvalue weighted by Crippen LogP contribution is -2.54. The Morgan fingerprint density at radius 2 is 1.67 bits per heavy atom. The third kappa shape index (κ3) is 7.20. The Morgan fingerprint density at radius 1 is 1.00 bits per heavy atom. The minimum Gasteiger partial charge on any atom is -0.480 e. The van der Waals surface area contributed by atoms with E-state index in [-0.39, 0.29) is 18.9 Å². The third-order valence-electron chi connectivity index (χ3n) is 4.38. The first-order chi connectivity index (χ1) is 14.3. The number of aliphatic carboxylic acids is 1. The summed E-state index contributed by atoms with van der Waals surface area (Å²) in [5.74, 6) is -2.74. The minimum atomic E-state index is -1.28. The quantitative estimate of drug-likeness (QED) is 0.583. The molecule has 2 aromatic rings. The molecule has 2 amide bonds. The summed E-state index contributed by atoms with van der Waals surface area (Å²) in [7, 11) is 0. The van der Waals surface area contributed by atoms with Crippen LogP contribution >= 0.6 is 0 Å². The Labute approximate surface area is 174 Å². The molecule has 0 bridgehead atoms. The molecule has 0 saturated carbocycles. The lowest BCUT2D eigenvalue weighted by Gasteiger charge is -2.24. The number of ether oxygens (including phenoxy) is 1. The van der Waals surface area contributed by atoms with E-state index in [9.17, 15) is 23.9 Å². The highest BCUT2D eigenvalue weighted by molar-refractivity contribution is 5.89. The number of hydrogen-bond acceptors (Lipinski definition) is 4. The van der Waals surface area contributed by atoms with Crippen molar-refractivity contribution in [3.8, 4) is 0 Å². The van der Waals surface area contributed by atoms with Gasteiger partial charge < -0.3 is 20.5 Å². The topological polar surface area (TPSA) is 105 Å². The van der Waals surface area contributed by atoms with Crippen LogP contribution in [-0.2, 0) is 27.4 Å². The van der Waals surface area contributed by atoms with Gasteiger partial charge in [-0.1, -0.05) is 56.3 Å². The first kappa shape index (κ1) is 22.9. The van der Waals surface area contributed by atoms with E-state index < -0.39 is 35.9 Å². The SMILES string of the molecule is CC(C)[C@@H](NC(=O)OCc1ccccc1)C(=O)N[C@@H](Cc1cccc(F)c1)C(=O)O. The van der Waals surface area contributed by atoms with E-state index in [0.717, 1.165) is 5.56 Å². The average molecular weight is 416 g/mol. The van der Waals surface area contributed by atoms with Gasteiger partial charge in [0.25, 0.3) is 0 Å². The van der Waals surface area contributed by atoms with Crippen LogP contribution in [0.2, 0.25) is 0 Å². The molecule has 0 unspecified atom stereocenters. The Morgan fingerprint density at radius 3 is 2.27 bits per heavy atom. The van der Waals surface area contributed by atoms with Crippen LogP contribution in [0.25, 0.3) is 0 Å². The molecule has 8 heteroatoms. The van der Waals surface area contributed by atoms with Crippen molar-refractivity contribution >= 4 is 18.0 Å². The van der Waals surface area contributed by atoms with Crippen molar-refractivity contribution in [2.45, 2.75) is 39.0 Å². The van der Waals surface area contributed by atoms with Gasteiger partial charge >= 0.3 is 12.1 Å². The summed E-state index contributed by atoms with van der Waals surface area (Å²) >= 11 is 0. The third-order valence-corrected chi connectivity index (χ3v) is 4.38. The number of carboxylic acids is 1. The monoisotopic (exact) mass is 416 g/mol. The Balaban J connectivity index is 1.98. The van der Waals surface area contributed by atoms with Gasteiger partial charge in [-0.25, -0.2) is 14.0 Å². The zero-order valence-corrected chi connectivity index (χ0v) is 16.8. The molecule has 3 N–H and O–H groups in total. The Kier molecular flexibility index (Phi) is 8.34. The van der Waals surface area contributed by atoms with E-state index in [1.165, 1.54) is 18.2 Å². The first-order valence-electron chi connectivity index (χ1n) is 9.51. The lowest BCUT2D eigenvalue weighted by atomic mass is 10.0. The van der Waals surface area contributed by atoms with Crippen LogP contribution in [0.15, 0.2) is 54.6 Å². The molecule has 30 heavy (non-hydrogen) atoms. The van der Waals surface area contributed by atoms with E-state index in [2.05, 4.69) is 10.6 Å². The highest BCUT2D eigenvalue weighted by Crippen LogP contribution is 2.09. The zero-order valence-electron chi connectivity index (χ0n) is 16.8. The maximum absolute atomic E-state index is 13.4. The smallest absolute Gasteiger partial charge is 0.408 e. The highest BCUT2D eigenvalue weighted by atomic mass is 19.1. The minimum absolute atomic E-state index is 0.0381. The average Bonchev–Trinajstić information content (AvgIpc) is 2.70. The largest absolute Gasteiger partial charge is 0.480 e. The number of nitrogens with one attached hydrogen (secondary N) is 2. The second-order valence-corrected chi connectivity index (χ2v) is 7.16. The summed E-state index contributed by atoms with van der Waals surface area (Å²) in [6.45, 7) is 3.46. The van der Waals surface area contributed by atoms with Gasteiger partial charge in [-0.2, -0.15) is 0 Å². The van der Waals surface area contributed by atoms with E-state index in [4.69, 9.17) is 4.74 Å². The number of carbonyl (C=O) groups is 3. The molecule has 0 aliphatic heterocycles. The summed E-state index contributed by atoms with van der Waals surface area (Å²) in [6.07, 6.45) is -0.882. The van der Waals surface area contributed by atoms with Crippen molar-refractivity contribution in [2.75, 3.05) is 0 Å². The van der Waals surface area contributed by atoms with Gasteiger partial charge in [0, 0.05) is 6.42 Å². The molecular formula is C22H25FN2O5. The molecule has 2 rings (SSSR count). The van der Waals surface area contributed by atoms with Crippen LogP contribution in [0, 0.1) is 11.7 Å². The van der Waals surface area contributed by atoms with E-state index in [0.29, 0.717) is 5.56 Å². The van der Waals surface area contributed by atoms with E-state index >= 15 is 0 Å². The molecular weight excluding hydrogens is 391 g/mol.